The summed E-state index contributed by atoms with van der Waals surface area (Å²) in [5.41, 5.74) is 0. The van der Waals surface area contributed by atoms with Crippen LogP contribution in [0, 0.1) is 243 Å². The van der Waals surface area contributed by atoms with Crippen LogP contribution in [0.1, 0.15) is 676 Å². The quantitative estimate of drug-likeness (QED) is 0.223. The van der Waals surface area contributed by atoms with Crippen molar-refractivity contribution in [3.63, 3.8) is 0 Å². The minimum absolute atomic E-state index is 0.924. The third kappa shape index (κ3) is 77.9. The van der Waals surface area contributed by atoms with Crippen molar-refractivity contribution in [2.75, 3.05) is 0 Å². The normalized spacial score (nSPS) is 41.0. The molecule has 20 atom stereocenters. The molecule has 0 heterocycles. The maximum absolute atomic E-state index is 2.40. The third-order valence-corrected chi connectivity index (χ3v) is 41.2. The predicted molar refractivity (Wildman–Crippen MR) is 657 cm³/mol. The van der Waals surface area contributed by atoms with Gasteiger partial charge < -0.3 is 0 Å². The van der Waals surface area contributed by atoms with Crippen LogP contribution in [0.4, 0.5) is 0 Å². The summed E-state index contributed by atoms with van der Waals surface area (Å²) in [5.74, 6) is 42.0. The summed E-state index contributed by atoms with van der Waals surface area (Å²) in [7, 11) is 0. The monoisotopic (exact) mass is 2000 g/mol. The van der Waals surface area contributed by atoms with Crippen LogP contribution in [-0.2, 0) is 0 Å². The third-order valence-electron chi connectivity index (χ3n) is 41.2. The molecule has 19 fully saturated rings. The molecule has 0 nitrogen and oxygen atoms in total. The number of rotatable bonds is 7. The average Bonchev–Trinajstić information content (AvgIpc) is 1.72. The zero-order chi connectivity index (χ0) is 108. The predicted octanol–water partition coefficient (Wildman–Crippen LogP) is 49.9. The molecule has 0 spiro atoms. The summed E-state index contributed by atoms with van der Waals surface area (Å²) in [5, 5.41) is 0. The number of unbranched alkanes of at least 4 members (excludes halogenated alkanes) is 2. The molecule has 20 unspecified atom stereocenters. The highest BCUT2D eigenvalue weighted by Crippen LogP contribution is 2.44. The van der Waals surface area contributed by atoms with Crippen LogP contribution in [0.5, 0.6) is 0 Å². The van der Waals surface area contributed by atoms with Crippen molar-refractivity contribution in [3.8, 4) is 0 Å². The van der Waals surface area contributed by atoms with Crippen LogP contribution < -0.4 is 0 Å². The first-order valence-corrected chi connectivity index (χ1v) is 67.4. The topological polar surface area (TPSA) is 0 Å². The van der Waals surface area contributed by atoms with Crippen LogP contribution in [0.3, 0.4) is 0 Å². The summed E-state index contributed by atoms with van der Waals surface area (Å²) >= 11 is 0. The van der Waals surface area contributed by atoms with Crippen LogP contribution in [0.15, 0.2) is 0 Å². The maximum atomic E-state index is 2.40. The summed E-state index contributed by atoms with van der Waals surface area (Å²) in [6, 6.07) is 0. The molecule has 0 saturated heterocycles. The van der Waals surface area contributed by atoms with E-state index in [-0.39, 0.29) is 0 Å². The largest absolute Gasteiger partial charge is 0.0654 e. The van der Waals surface area contributed by atoms with Crippen molar-refractivity contribution in [3.05, 3.63) is 0 Å². The molecule has 19 aliphatic carbocycles. The molecular weight excluding hydrogens is 1720 g/mol. The molecule has 19 rings (SSSR count). The molecule has 0 heteroatoms. The molecule has 0 aromatic rings. The van der Waals surface area contributed by atoms with Gasteiger partial charge in [-0.1, -0.05) is 534 Å². The molecule has 0 aromatic carbocycles. The Morgan fingerprint density at radius 2 is 0.343 bits per heavy atom. The van der Waals surface area contributed by atoms with E-state index in [9.17, 15) is 0 Å². The van der Waals surface area contributed by atoms with Crippen molar-refractivity contribution < 1.29 is 0 Å². The lowest BCUT2D eigenvalue weighted by Crippen LogP contribution is -2.16. The molecule has 0 aliphatic heterocycles. The van der Waals surface area contributed by atoms with Gasteiger partial charge in [0.1, 0.15) is 0 Å². The molecule has 0 bridgehead atoms. The molecule has 0 radical (unpaired) electrons. The van der Waals surface area contributed by atoms with Gasteiger partial charge in [0, 0.05) is 0 Å². The average molecular weight is 2010 g/mol. The van der Waals surface area contributed by atoms with E-state index in [0.29, 0.717) is 0 Å². The minimum Gasteiger partial charge on any atom is -0.0654 e. The lowest BCUT2D eigenvalue weighted by molar-refractivity contribution is 0.233. The van der Waals surface area contributed by atoms with Gasteiger partial charge in [0.2, 0.25) is 0 Å². The molecule has 19 saturated carbocycles. The van der Waals surface area contributed by atoms with Gasteiger partial charge in [-0.05, 0) is 384 Å². The molecule has 19 aliphatic rings. The van der Waals surface area contributed by atoms with Gasteiger partial charge in [0.05, 0.1) is 0 Å². The van der Waals surface area contributed by atoms with E-state index >= 15 is 0 Å². The van der Waals surface area contributed by atoms with E-state index in [1.165, 1.54) is 392 Å². The lowest BCUT2D eigenvalue weighted by atomic mass is 9.78. The summed E-state index contributed by atoms with van der Waals surface area (Å²) in [6.45, 7) is 96.3. The van der Waals surface area contributed by atoms with E-state index in [1.54, 1.807) is 0 Å². The van der Waals surface area contributed by atoms with Gasteiger partial charge in [-0.25, -0.2) is 0 Å². The molecular formula is C143H286. The van der Waals surface area contributed by atoms with E-state index < -0.39 is 0 Å². The lowest BCUT2D eigenvalue weighted by Gasteiger charge is -2.28. The van der Waals surface area contributed by atoms with Crippen molar-refractivity contribution in [2.45, 2.75) is 676 Å². The smallest absolute Gasteiger partial charge is 0.0388 e. The molecule has 858 valence electrons. The van der Waals surface area contributed by atoms with E-state index in [0.717, 1.165) is 243 Å². The first-order valence-electron chi connectivity index (χ1n) is 67.4. The highest BCUT2D eigenvalue weighted by Gasteiger charge is 2.32. The summed E-state index contributed by atoms with van der Waals surface area (Å²) < 4.78 is 0. The SMILES string of the molecule is CC1CC(C)C(C)C1.CC1CC(C)C1.CC1CC(C)C1.CC1CC(C)C1.CC1CC(C)C1.CC1CC(C)CC(C)C1.CC1CC1C.CC1CCC(C(C)C)CC1.CC1CCC(C)C1.CC1CCC(C)C1.CC1CCC(C)CC1.CC1CCC(C)CC1.CC1CCC(C)CC1.CC1CCCC(C)C1.CC1CCCC1C.CC1CCCCC1C.CCC1CC1C.CCC1CCCC(C)C1.CCCCCC1CCC(C)C1. The van der Waals surface area contributed by atoms with Crippen molar-refractivity contribution in [1.82, 2.24) is 0 Å². The van der Waals surface area contributed by atoms with Gasteiger partial charge in [-0.2, -0.15) is 0 Å². The Bertz CT molecular complexity index is 2430. The van der Waals surface area contributed by atoms with Gasteiger partial charge in [-0.15, -0.1) is 0 Å². The second kappa shape index (κ2) is 83.4. The van der Waals surface area contributed by atoms with Crippen LogP contribution in [0.2, 0.25) is 0 Å². The molecule has 0 N–H and O–H groups in total. The highest BCUT2D eigenvalue weighted by molar-refractivity contribution is 4.83. The standard InChI is InChI=1S/C11H22.C10H20.2C9H18.6C8H16.3C7H14.5C6H12.C5H10/c1-3-4-5-6-11-8-7-10(2)9-11;1-8(2)10-6-4-9(3)5-7-10;1-7-4-8(2)6-9(3)5-7;1-3-9-6-4-5-8(2)7-9;1-6-4-7(2)8(3)5-6;3*1-7-3-5-8(2)6-4-7;1-7-4-3-5-8(2)6-7;1-7-5-3-4-6-8(7)2;2*1-6-3-4-7(2)5-6;1-6-4-3-5-7(6)2;4*1-5-3-6(2)4-5;1-3-6-4-5(6)2;1-4-3-5(4)2/h10-11H,3-9H2,1-2H3;8-10H,4-7H2,1-3H3;7-9H,4-6H2,1-3H3;8-9H,3-7H2,1-2H3;6-8H,4-5H2,1-3H3;5*7-8H,3-6H2,1-2H3;3*6-7H,3-5H2,1-2H3;5*5-6H,3-4H2,1-2H3;4-5H,3H2,1-2H3. The van der Waals surface area contributed by atoms with E-state index in [1.807, 2.05) is 0 Å². The minimum atomic E-state index is 0.924. The Balaban J connectivity index is 0.000000756. The van der Waals surface area contributed by atoms with Gasteiger partial charge in [-0.3, -0.25) is 0 Å². The Morgan fingerprint density at radius 1 is 0.147 bits per heavy atom. The Labute approximate surface area is 912 Å². The first kappa shape index (κ1) is 141. The van der Waals surface area contributed by atoms with Gasteiger partial charge in [0.25, 0.3) is 0 Å². The fourth-order valence-corrected chi connectivity index (χ4v) is 28.9. The van der Waals surface area contributed by atoms with Crippen LogP contribution in [0.25, 0.3) is 0 Å². The highest BCUT2D eigenvalue weighted by atomic mass is 14.4. The number of hydrogen-bond donors (Lipinski definition) is 0. The summed E-state index contributed by atoms with van der Waals surface area (Å²) in [6.07, 6.45) is 89.8. The van der Waals surface area contributed by atoms with E-state index in [4.69, 9.17) is 0 Å². The van der Waals surface area contributed by atoms with Crippen molar-refractivity contribution in [2.24, 2.45) is 243 Å². The van der Waals surface area contributed by atoms with Crippen LogP contribution >= 0.6 is 0 Å². The zero-order valence-electron chi connectivity index (χ0n) is 108. The zero-order valence-corrected chi connectivity index (χ0v) is 108. The molecule has 0 aromatic heterocycles. The maximum Gasteiger partial charge on any atom is -0.0388 e. The second-order valence-electron chi connectivity index (χ2n) is 60.6. The second-order valence-corrected chi connectivity index (χ2v) is 60.6. The van der Waals surface area contributed by atoms with Gasteiger partial charge >= 0.3 is 0 Å². The van der Waals surface area contributed by atoms with Gasteiger partial charge in [0.15, 0.2) is 0 Å². The fourth-order valence-electron chi connectivity index (χ4n) is 28.9. The van der Waals surface area contributed by atoms with Crippen molar-refractivity contribution in [1.29, 1.82) is 0 Å². The first-order chi connectivity index (χ1) is 67.4. The number of hydrogen-bond acceptors (Lipinski definition) is 0. The fraction of sp³-hybridized carbons (Fsp3) is 1.00. The Kier molecular flexibility index (Phi) is 82.2. The molecule has 143 heavy (non-hydrogen) atoms. The van der Waals surface area contributed by atoms with Crippen molar-refractivity contribution >= 4 is 0 Å². The molecule has 0 amide bonds. The Morgan fingerprint density at radius 3 is 0.503 bits per heavy atom. The Hall–Kier alpha value is 0. The van der Waals surface area contributed by atoms with Crippen LogP contribution in [-0.4, -0.2) is 0 Å². The summed E-state index contributed by atoms with van der Waals surface area (Å²) in [4.78, 5) is 0. The van der Waals surface area contributed by atoms with E-state index in [2.05, 4.69) is 284 Å².